The Morgan fingerprint density at radius 2 is 2.17 bits per heavy atom. The topological polar surface area (TPSA) is 84.5 Å². The molecule has 1 aliphatic heterocycles. The SMILES string of the molecule is CC(C)CNS(=O)(=O)c1cccc(C(=O)NCC2CCCO2)c1. The second-order valence-corrected chi connectivity index (χ2v) is 7.89. The van der Waals surface area contributed by atoms with E-state index in [0.717, 1.165) is 19.4 Å². The Balaban J connectivity index is 2.01. The van der Waals surface area contributed by atoms with Gasteiger partial charge in [-0.15, -0.1) is 0 Å². The van der Waals surface area contributed by atoms with Gasteiger partial charge in [-0.2, -0.15) is 0 Å². The zero-order valence-electron chi connectivity index (χ0n) is 13.5. The van der Waals surface area contributed by atoms with E-state index in [2.05, 4.69) is 10.0 Å². The number of carbonyl (C=O) groups is 1. The van der Waals surface area contributed by atoms with Gasteiger partial charge in [0.05, 0.1) is 11.0 Å². The molecule has 0 saturated carbocycles. The van der Waals surface area contributed by atoms with Gasteiger partial charge in [-0.25, -0.2) is 13.1 Å². The summed E-state index contributed by atoms with van der Waals surface area (Å²) < 4.78 is 32.4. The summed E-state index contributed by atoms with van der Waals surface area (Å²) in [7, 11) is -3.60. The lowest BCUT2D eigenvalue weighted by molar-refractivity contribution is 0.0857. The fourth-order valence-corrected chi connectivity index (χ4v) is 3.54. The summed E-state index contributed by atoms with van der Waals surface area (Å²) in [5, 5.41) is 2.79. The number of nitrogens with one attached hydrogen (secondary N) is 2. The van der Waals surface area contributed by atoms with Gasteiger partial charge in [-0.1, -0.05) is 19.9 Å². The van der Waals surface area contributed by atoms with Gasteiger partial charge in [-0.05, 0) is 37.0 Å². The van der Waals surface area contributed by atoms with E-state index in [9.17, 15) is 13.2 Å². The first-order valence-corrected chi connectivity index (χ1v) is 9.36. The summed E-state index contributed by atoms with van der Waals surface area (Å²) in [5.41, 5.74) is 0.329. The highest BCUT2D eigenvalue weighted by Crippen LogP contribution is 2.13. The summed E-state index contributed by atoms with van der Waals surface area (Å²) >= 11 is 0. The number of rotatable bonds is 7. The lowest BCUT2D eigenvalue weighted by Crippen LogP contribution is -2.32. The molecule has 1 atom stereocenters. The van der Waals surface area contributed by atoms with Crippen LogP contribution in [0.5, 0.6) is 0 Å². The number of sulfonamides is 1. The van der Waals surface area contributed by atoms with Crippen LogP contribution in [0, 0.1) is 5.92 Å². The molecule has 1 heterocycles. The van der Waals surface area contributed by atoms with Crippen molar-refractivity contribution in [3.05, 3.63) is 29.8 Å². The first-order valence-electron chi connectivity index (χ1n) is 7.88. The van der Waals surface area contributed by atoms with Crippen molar-refractivity contribution < 1.29 is 17.9 Å². The maximum Gasteiger partial charge on any atom is 0.251 e. The summed E-state index contributed by atoms with van der Waals surface area (Å²) in [6, 6.07) is 6.06. The Kier molecular flexibility index (Phi) is 6.15. The molecule has 0 aliphatic carbocycles. The number of benzene rings is 1. The fourth-order valence-electron chi connectivity index (χ4n) is 2.28. The molecule has 1 amide bonds. The molecular formula is C16H24N2O4S. The zero-order chi connectivity index (χ0) is 16.9. The molecule has 23 heavy (non-hydrogen) atoms. The Bertz CT molecular complexity index is 637. The Morgan fingerprint density at radius 3 is 2.83 bits per heavy atom. The molecule has 0 aromatic heterocycles. The van der Waals surface area contributed by atoms with E-state index in [1.165, 1.54) is 12.1 Å². The van der Waals surface area contributed by atoms with Gasteiger partial charge < -0.3 is 10.1 Å². The van der Waals surface area contributed by atoms with Crippen LogP contribution in [0.25, 0.3) is 0 Å². The molecule has 6 nitrogen and oxygen atoms in total. The second-order valence-electron chi connectivity index (χ2n) is 6.12. The average Bonchev–Trinajstić information content (AvgIpc) is 3.04. The van der Waals surface area contributed by atoms with Crippen LogP contribution in [0.2, 0.25) is 0 Å². The van der Waals surface area contributed by atoms with Gasteiger partial charge in [0.2, 0.25) is 10.0 Å². The van der Waals surface area contributed by atoms with Crippen LogP contribution in [0.1, 0.15) is 37.0 Å². The summed E-state index contributed by atoms with van der Waals surface area (Å²) in [6.07, 6.45) is 2.00. The van der Waals surface area contributed by atoms with Crippen LogP contribution < -0.4 is 10.0 Å². The molecule has 0 radical (unpaired) electrons. The van der Waals surface area contributed by atoms with Gasteiger partial charge in [-0.3, -0.25) is 4.79 Å². The van der Waals surface area contributed by atoms with E-state index in [1.807, 2.05) is 13.8 Å². The van der Waals surface area contributed by atoms with Gasteiger partial charge >= 0.3 is 0 Å². The highest BCUT2D eigenvalue weighted by molar-refractivity contribution is 7.89. The number of carbonyl (C=O) groups excluding carboxylic acids is 1. The number of hydrogen-bond donors (Lipinski definition) is 2. The summed E-state index contributed by atoms with van der Waals surface area (Å²) in [4.78, 5) is 12.3. The minimum absolute atomic E-state index is 0.0542. The van der Waals surface area contributed by atoms with E-state index < -0.39 is 10.0 Å². The van der Waals surface area contributed by atoms with Crippen molar-refractivity contribution >= 4 is 15.9 Å². The molecule has 1 aromatic rings. The predicted molar refractivity (Wildman–Crippen MR) is 87.8 cm³/mol. The smallest absolute Gasteiger partial charge is 0.251 e. The van der Waals surface area contributed by atoms with Crippen LogP contribution in [0.4, 0.5) is 0 Å². The average molecular weight is 340 g/mol. The molecule has 1 aromatic carbocycles. The van der Waals surface area contributed by atoms with Crippen molar-refractivity contribution in [2.75, 3.05) is 19.7 Å². The first kappa shape index (κ1) is 17.9. The first-order chi connectivity index (χ1) is 10.9. The minimum Gasteiger partial charge on any atom is -0.376 e. The lowest BCUT2D eigenvalue weighted by atomic mass is 10.2. The molecule has 1 unspecified atom stereocenters. The van der Waals surface area contributed by atoms with Crippen molar-refractivity contribution in [1.82, 2.24) is 10.0 Å². The standard InChI is InChI=1S/C16H24N2O4S/c1-12(2)10-18-23(20,21)15-7-3-5-13(9-15)16(19)17-11-14-6-4-8-22-14/h3,5,7,9,12,14,18H,4,6,8,10-11H2,1-2H3,(H,17,19). The van der Waals surface area contributed by atoms with E-state index in [4.69, 9.17) is 4.74 Å². The fraction of sp³-hybridized carbons (Fsp3) is 0.562. The van der Waals surface area contributed by atoms with Crippen LogP contribution in [0.3, 0.4) is 0 Å². The van der Waals surface area contributed by atoms with Crippen LogP contribution >= 0.6 is 0 Å². The highest BCUT2D eigenvalue weighted by atomic mass is 32.2. The molecule has 1 aliphatic rings. The van der Waals surface area contributed by atoms with Gasteiger partial charge in [0.25, 0.3) is 5.91 Å². The Morgan fingerprint density at radius 1 is 1.39 bits per heavy atom. The number of hydrogen-bond acceptors (Lipinski definition) is 4. The van der Waals surface area contributed by atoms with E-state index in [0.29, 0.717) is 18.7 Å². The Hall–Kier alpha value is -1.44. The maximum absolute atomic E-state index is 12.2. The second kappa shape index (κ2) is 7.90. The third-order valence-electron chi connectivity index (χ3n) is 3.60. The van der Waals surface area contributed by atoms with E-state index in [-0.39, 0.29) is 22.8 Å². The summed E-state index contributed by atoms with van der Waals surface area (Å²) in [5.74, 6) is -0.0796. The number of ether oxygens (including phenoxy) is 1. The lowest BCUT2D eigenvalue weighted by Gasteiger charge is -2.12. The molecule has 0 bridgehead atoms. The Labute approximate surface area is 137 Å². The van der Waals surface area contributed by atoms with Crippen LogP contribution in [0.15, 0.2) is 29.2 Å². The minimum atomic E-state index is -3.60. The molecule has 1 fully saturated rings. The monoisotopic (exact) mass is 340 g/mol. The molecule has 7 heteroatoms. The van der Waals surface area contributed by atoms with Crippen molar-refractivity contribution in [2.24, 2.45) is 5.92 Å². The van der Waals surface area contributed by atoms with Crippen molar-refractivity contribution in [3.8, 4) is 0 Å². The van der Waals surface area contributed by atoms with Crippen molar-refractivity contribution in [1.29, 1.82) is 0 Å². The van der Waals surface area contributed by atoms with E-state index >= 15 is 0 Å². The molecule has 2 rings (SSSR count). The molecule has 1 saturated heterocycles. The quantitative estimate of drug-likeness (QED) is 0.788. The number of amides is 1. The predicted octanol–water partition coefficient (Wildman–Crippen LogP) is 1.53. The van der Waals surface area contributed by atoms with Gasteiger partial charge in [0.15, 0.2) is 0 Å². The van der Waals surface area contributed by atoms with Crippen molar-refractivity contribution in [2.45, 2.75) is 37.7 Å². The van der Waals surface area contributed by atoms with Gasteiger partial charge in [0, 0.05) is 25.3 Å². The highest BCUT2D eigenvalue weighted by Gasteiger charge is 2.19. The van der Waals surface area contributed by atoms with Crippen LogP contribution in [-0.4, -0.2) is 40.1 Å². The largest absolute Gasteiger partial charge is 0.376 e. The third-order valence-corrected chi connectivity index (χ3v) is 5.02. The molecular weight excluding hydrogens is 316 g/mol. The molecule has 0 spiro atoms. The van der Waals surface area contributed by atoms with Crippen molar-refractivity contribution in [3.63, 3.8) is 0 Å². The summed E-state index contributed by atoms with van der Waals surface area (Å²) in [6.45, 7) is 5.39. The van der Waals surface area contributed by atoms with Crippen LogP contribution in [-0.2, 0) is 14.8 Å². The molecule has 2 N–H and O–H groups in total. The third kappa shape index (κ3) is 5.30. The normalized spacial score (nSPS) is 18.3. The maximum atomic E-state index is 12.2. The van der Waals surface area contributed by atoms with Gasteiger partial charge in [0.1, 0.15) is 0 Å². The van der Waals surface area contributed by atoms with E-state index in [1.54, 1.807) is 12.1 Å². The zero-order valence-corrected chi connectivity index (χ0v) is 14.4. The molecule has 128 valence electrons.